The number of nitrogens with one attached hydrogen (secondary N) is 1. The van der Waals surface area contributed by atoms with Gasteiger partial charge in [-0.05, 0) is 24.5 Å². The molecule has 2 heterocycles. The van der Waals surface area contributed by atoms with Crippen molar-refractivity contribution in [2.24, 2.45) is 0 Å². The number of nitrogens with zero attached hydrogens (tertiary/aromatic N) is 2. The van der Waals surface area contributed by atoms with E-state index in [1.54, 1.807) is 23.1 Å². The highest BCUT2D eigenvalue weighted by molar-refractivity contribution is 7.98. The fraction of sp³-hybridized carbons (Fsp3) is 0.154. The summed E-state index contributed by atoms with van der Waals surface area (Å²) in [6.07, 6.45) is 6.19. The fourth-order valence-electron chi connectivity index (χ4n) is 1.79. The Hall–Kier alpha value is -1.46. The molecule has 0 saturated heterocycles. The van der Waals surface area contributed by atoms with Gasteiger partial charge in [0.15, 0.2) is 4.96 Å². The molecule has 18 heavy (non-hydrogen) atoms. The average molecular weight is 275 g/mol. The summed E-state index contributed by atoms with van der Waals surface area (Å²) in [6, 6.07) is 8.42. The summed E-state index contributed by atoms with van der Waals surface area (Å²) in [5.41, 5.74) is 2.20. The number of aromatic nitrogens is 2. The molecule has 0 spiro atoms. The van der Waals surface area contributed by atoms with Crippen LogP contribution in [0.2, 0.25) is 0 Å². The zero-order chi connectivity index (χ0) is 12.4. The van der Waals surface area contributed by atoms with Crippen molar-refractivity contribution in [3.05, 3.63) is 47.7 Å². The summed E-state index contributed by atoms with van der Waals surface area (Å²) in [7, 11) is 0. The van der Waals surface area contributed by atoms with Crippen molar-refractivity contribution in [2.75, 3.05) is 11.6 Å². The molecule has 2 aromatic heterocycles. The third kappa shape index (κ3) is 2.37. The lowest BCUT2D eigenvalue weighted by molar-refractivity contribution is 1.08. The van der Waals surface area contributed by atoms with Gasteiger partial charge in [-0.1, -0.05) is 6.07 Å². The molecule has 0 atom stereocenters. The number of imidazole rings is 1. The van der Waals surface area contributed by atoms with Crippen LogP contribution in [0.3, 0.4) is 0 Å². The fourth-order valence-corrected chi connectivity index (χ4v) is 2.97. The van der Waals surface area contributed by atoms with Crippen LogP contribution in [-0.4, -0.2) is 15.6 Å². The molecule has 0 unspecified atom stereocenters. The molecule has 0 aliphatic carbocycles. The molecule has 0 radical (unpaired) electrons. The minimum atomic E-state index is 0.756. The number of hydrogen-bond acceptors (Lipinski definition) is 4. The van der Waals surface area contributed by atoms with E-state index in [-0.39, 0.29) is 0 Å². The number of benzene rings is 1. The summed E-state index contributed by atoms with van der Waals surface area (Å²) >= 11 is 3.41. The van der Waals surface area contributed by atoms with Gasteiger partial charge in [-0.15, -0.1) is 23.1 Å². The minimum absolute atomic E-state index is 0.756. The van der Waals surface area contributed by atoms with Gasteiger partial charge in [-0.2, -0.15) is 0 Å². The second kappa shape index (κ2) is 5.04. The van der Waals surface area contributed by atoms with Gasteiger partial charge >= 0.3 is 0 Å². The molecule has 0 saturated carbocycles. The van der Waals surface area contributed by atoms with E-state index in [1.807, 2.05) is 11.6 Å². The van der Waals surface area contributed by atoms with Crippen LogP contribution >= 0.6 is 23.1 Å². The lowest BCUT2D eigenvalue weighted by atomic mass is 10.3. The zero-order valence-corrected chi connectivity index (χ0v) is 11.6. The number of fused-ring (bicyclic) bond motifs is 1. The Kier molecular flexibility index (Phi) is 3.25. The first-order chi connectivity index (χ1) is 8.85. The first-order valence-corrected chi connectivity index (χ1v) is 7.74. The highest BCUT2D eigenvalue weighted by Gasteiger charge is 2.02. The highest BCUT2D eigenvalue weighted by Crippen LogP contribution is 2.19. The van der Waals surface area contributed by atoms with E-state index in [4.69, 9.17) is 0 Å². The topological polar surface area (TPSA) is 29.3 Å². The highest BCUT2D eigenvalue weighted by atomic mass is 32.2. The van der Waals surface area contributed by atoms with Gasteiger partial charge < -0.3 is 5.32 Å². The third-order valence-corrected chi connectivity index (χ3v) is 4.18. The Morgan fingerprint density at radius 1 is 1.44 bits per heavy atom. The van der Waals surface area contributed by atoms with Crippen LogP contribution in [-0.2, 0) is 6.54 Å². The van der Waals surface area contributed by atoms with Crippen LogP contribution in [0.1, 0.15) is 5.69 Å². The van der Waals surface area contributed by atoms with Crippen molar-refractivity contribution in [3.63, 3.8) is 0 Å². The average Bonchev–Trinajstić information content (AvgIpc) is 2.97. The summed E-state index contributed by atoms with van der Waals surface area (Å²) in [6.45, 7) is 0.756. The van der Waals surface area contributed by atoms with Crippen LogP contribution in [0.4, 0.5) is 5.69 Å². The normalized spacial score (nSPS) is 10.9. The molecule has 5 heteroatoms. The molecule has 92 valence electrons. The van der Waals surface area contributed by atoms with Crippen LogP contribution < -0.4 is 5.32 Å². The molecule has 0 fully saturated rings. The maximum absolute atomic E-state index is 4.54. The Balaban J connectivity index is 1.71. The Bertz CT molecular complexity index is 628. The Morgan fingerprint density at radius 2 is 2.39 bits per heavy atom. The van der Waals surface area contributed by atoms with Crippen molar-refractivity contribution in [1.82, 2.24) is 9.38 Å². The second-order valence-electron chi connectivity index (χ2n) is 3.91. The summed E-state index contributed by atoms with van der Waals surface area (Å²) in [4.78, 5) is 6.86. The molecule has 3 rings (SSSR count). The number of hydrogen-bond donors (Lipinski definition) is 1. The second-order valence-corrected chi connectivity index (χ2v) is 5.66. The SMILES string of the molecule is CSc1cccc(NCc2cn3ccsc3n2)c1. The molecule has 0 aliphatic rings. The molecule has 0 amide bonds. The maximum Gasteiger partial charge on any atom is 0.193 e. The van der Waals surface area contributed by atoms with Gasteiger partial charge in [-0.3, -0.25) is 4.40 Å². The molecule has 3 nitrogen and oxygen atoms in total. The molecular weight excluding hydrogens is 262 g/mol. The zero-order valence-electron chi connectivity index (χ0n) is 9.96. The summed E-state index contributed by atoms with van der Waals surface area (Å²) < 4.78 is 2.06. The number of thioether (sulfide) groups is 1. The van der Waals surface area contributed by atoms with Crippen molar-refractivity contribution in [2.45, 2.75) is 11.4 Å². The van der Waals surface area contributed by atoms with Crippen molar-refractivity contribution in [1.29, 1.82) is 0 Å². The lowest BCUT2D eigenvalue weighted by Gasteiger charge is -2.05. The summed E-state index contributed by atoms with van der Waals surface area (Å²) in [5.74, 6) is 0. The maximum atomic E-state index is 4.54. The number of rotatable bonds is 4. The molecule has 1 aromatic carbocycles. The van der Waals surface area contributed by atoms with E-state index in [9.17, 15) is 0 Å². The van der Waals surface area contributed by atoms with Crippen molar-refractivity contribution >= 4 is 33.7 Å². The minimum Gasteiger partial charge on any atom is -0.379 e. The monoisotopic (exact) mass is 275 g/mol. The predicted molar refractivity (Wildman–Crippen MR) is 78.6 cm³/mol. The third-order valence-electron chi connectivity index (χ3n) is 2.69. The van der Waals surface area contributed by atoms with Gasteiger partial charge in [0.05, 0.1) is 12.2 Å². The molecule has 0 bridgehead atoms. The smallest absolute Gasteiger partial charge is 0.193 e. The Morgan fingerprint density at radius 3 is 3.22 bits per heavy atom. The van der Waals surface area contributed by atoms with E-state index in [1.165, 1.54) is 4.90 Å². The predicted octanol–water partition coefficient (Wildman–Crippen LogP) is 3.73. The van der Waals surface area contributed by atoms with Gasteiger partial charge in [0.1, 0.15) is 0 Å². The first kappa shape index (κ1) is 11.6. The number of anilines is 1. The van der Waals surface area contributed by atoms with Crippen molar-refractivity contribution in [3.8, 4) is 0 Å². The van der Waals surface area contributed by atoms with E-state index in [2.05, 4.69) is 51.4 Å². The lowest BCUT2D eigenvalue weighted by Crippen LogP contribution is -1.99. The molecular formula is C13H13N3S2. The van der Waals surface area contributed by atoms with Crippen LogP contribution in [0.15, 0.2) is 46.9 Å². The van der Waals surface area contributed by atoms with Crippen LogP contribution in [0.25, 0.3) is 4.96 Å². The molecule has 1 N–H and O–H groups in total. The van der Waals surface area contributed by atoms with Crippen LogP contribution in [0.5, 0.6) is 0 Å². The molecule has 3 aromatic rings. The van der Waals surface area contributed by atoms with E-state index >= 15 is 0 Å². The largest absolute Gasteiger partial charge is 0.379 e. The quantitative estimate of drug-likeness (QED) is 0.736. The summed E-state index contributed by atoms with van der Waals surface area (Å²) in [5, 5.41) is 5.45. The molecule has 0 aliphatic heterocycles. The standard InChI is InChI=1S/C13H13N3S2/c1-17-12-4-2-3-10(7-12)14-8-11-9-16-5-6-18-13(16)15-11/h2-7,9,14H,8H2,1H3. The van der Waals surface area contributed by atoms with Crippen LogP contribution in [0, 0.1) is 0 Å². The Labute approximate surface area is 114 Å². The van der Waals surface area contributed by atoms with E-state index < -0.39 is 0 Å². The van der Waals surface area contributed by atoms with Gasteiger partial charge in [0, 0.05) is 28.4 Å². The first-order valence-electron chi connectivity index (χ1n) is 5.64. The van der Waals surface area contributed by atoms with Gasteiger partial charge in [0.2, 0.25) is 0 Å². The van der Waals surface area contributed by atoms with Crippen molar-refractivity contribution < 1.29 is 0 Å². The van der Waals surface area contributed by atoms with E-state index in [0.29, 0.717) is 0 Å². The van der Waals surface area contributed by atoms with E-state index in [0.717, 1.165) is 22.9 Å². The van der Waals surface area contributed by atoms with Gasteiger partial charge in [0.25, 0.3) is 0 Å². The van der Waals surface area contributed by atoms with Gasteiger partial charge in [-0.25, -0.2) is 4.98 Å². The number of thiazole rings is 1.